The van der Waals surface area contributed by atoms with Crippen LogP contribution in [0.2, 0.25) is 0 Å². The number of hydrogen-bond acceptors (Lipinski definition) is 4. The average Bonchev–Trinajstić information content (AvgIpc) is 1.59. The fourth-order valence-electron chi connectivity index (χ4n) is 14.3. The molecule has 18 aromatic rings. The third-order valence-electron chi connectivity index (χ3n) is 19.1. The molecular formula is C92H62N6. The van der Waals surface area contributed by atoms with Crippen LogP contribution in [0.1, 0.15) is 0 Å². The molecule has 6 nitrogen and oxygen atoms in total. The Labute approximate surface area is 568 Å². The second kappa shape index (κ2) is 24.6. The number of aromatic nitrogens is 4. The van der Waals surface area contributed by atoms with E-state index in [2.05, 4.69) is 371 Å². The number of rotatable bonds is 14. The minimum atomic E-state index is 0.810. The summed E-state index contributed by atoms with van der Waals surface area (Å²) < 4.78 is 4.81. The maximum atomic E-state index is 5.40. The van der Waals surface area contributed by atoms with E-state index in [1.165, 1.54) is 66.1 Å². The third kappa shape index (κ3) is 10.5. The second-order valence-corrected chi connectivity index (χ2v) is 24.9. The molecule has 3 heterocycles. The maximum absolute atomic E-state index is 5.40. The average molecular weight is 1250 g/mol. The van der Waals surface area contributed by atoms with Crippen molar-refractivity contribution in [1.82, 2.24) is 19.1 Å². The summed E-state index contributed by atoms with van der Waals surface area (Å²) in [6, 6.07) is 135. The molecule has 3 aromatic heterocycles. The summed E-state index contributed by atoms with van der Waals surface area (Å²) in [6.07, 6.45) is 0. The van der Waals surface area contributed by atoms with Gasteiger partial charge in [-0.05, 0) is 202 Å². The van der Waals surface area contributed by atoms with Crippen LogP contribution in [0, 0.1) is 0 Å². The largest absolute Gasteiger partial charge is 0.311 e. The van der Waals surface area contributed by atoms with Crippen molar-refractivity contribution in [3.05, 3.63) is 376 Å². The predicted octanol–water partition coefficient (Wildman–Crippen LogP) is 24.8. The van der Waals surface area contributed by atoms with Crippen molar-refractivity contribution in [3.63, 3.8) is 0 Å². The second-order valence-electron chi connectivity index (χ2n) is 24.9. The van der Waals surface area contributed by atoms with Crippen molar-refractivity contribution in [1.29, 1.82) is 0 Å². The van der Waals surface area contributed by atoms with Crippen LogP contribution in [0.3, 0.4) is 0 Å². The van der Waals surface area contributed by atoms with Gasteiger partial charge in [0, 0.05) is 78.2 Å². The van der Waals surface area contributed by atoms with Crippen LogP contribution in [0.5, 0.6) is 0 Å². The normalized spacial score (nSPS) is 11.5. The van der Waals surface area contributed by atoms with Crippen molar-refractivity contribution in [3.8, 4) is 78.4 Å². The van der Waals surface area contributed by atoms with Crippen LogP contribution < -0.4 is 9.80 Å². The molecule has 6 heteroatoms. The molecule has 0 amide bonds. The summed E-state index contributed by atoms with van der Waals surface area (Å²) >= 11 is 0. The minimum absolute atomic E-state index is 0.810. The van der Waals surface area contributed by atoms with E-state index in [0.29, 0.717) is 0 Å². The Balaban J connectivity index is 0.678. The van der Waals surface area contributed by atoms with E-state index in [1.54, 1.807) is 0 Å². The Kier molecular flexibility index (Phi) is 14.5. The first-order chi connectivity index (χ1) is 48.6. The monoisotopic (exact) mass is 1250 g/mol. The van der Waals surface area contributed by atoms with Gasteiger partial charge in [-0.15, -0.1) is 0 Å². The van der Waals surface area contributed by atoms with Gasteiger partial charge in [0.05, 0.1) is 44.5 Å². The smallest absolute Gasteiger partial charge is 0.0973 e. The molecule has 0 aliphatic rings. The highest BCUT2D eigenvalue weighted by Crippen LogP contribution is 2.44. The number of nitrogens with zero attached hydrogens (tertiary/aromatic N) is 6. The van der Waals surface area contributed by atoms with Crippen LogP contribution >= 0.6 is 0 Å². The molecule has 0 N–H and O–H groups in total. The summed E-state index contributed by atoms with van der Waals surface area (Å²) in [5, 5.41) is 4.86. The number of hydrogen-bond donors (Lipinski definition) is 0. The van der Waals surface area contributed by atoms with Gasteiger partial charge in [-0.3, -0.25) is 0 Å². The van der Waals surface area contributed by atoms with E-state index in [1.807, 2.05) is 24.3 Å². The summed E-state index contributed by atoms with van der Waals surface area (Å²) in [6.45, 7) is 0. The molecule has 0 unspecified atom stereocenters. The quantitative estimate of drug-likeness (QED) is 0.109. The van der Waals surface area contributed by atoms with Crippen molar-refractivity contribution < 1.29 is 0 Å². The molecule has 0 radical (unpaired) electrons. The molecule has 0 saturated carbocycles. The minimum Gasteiger partial charge on any atom is -0.311 e. The van der Waals surface area contributed by atoms with Gasteiger partial charge in [0.15, 0.2) is 0 Å². The van der Waals surface area contributed by atoms with Gasteiger partial charge in [-0.1, -0.05) is 218 Å². The molecule has 15 aromatic carbocycles. The molecule has 0 fully saturated rings. The first kappa shape index (κ1) is 57.5. The van der Waals surface area contributed by atoms with Crippen LogP contribution in [0.25, 0.3) is 133 Å². The zero-order valence-corrected chi connectivity index (χ0v) is 53.5. The van der Waals surface area contributed by atoms with Crippen LogP contribution in [-0.2, 0) is 0 Å². The summed E-state index contributed by atoms with van der Waals surface area (Å²) in [7, 11) is 0. The molecular weight excluding hydrogens is 1190 g/mol. The van der Waals surface area contributed by atoms with Gasteiger partial charge < -0.3 is 18.9 Å². The molecule has 0 bridgehead atoms. The fraction of sp³-hybridized carbons (Fsp3) is 0. The van der Waals surface area contributed by atoms with E-state index in [9.17, 15) is 0 Å². The first-order valence-electron chi connectivity index (χ1n) is 33.4. The highest BCUT2D eigenvalue weighted by Gasteiger charge is 2.22. The first-order valence-corrected chi connectivity index (χ1v) is 33.4. The zero-order chi connectivity index (χ0) is 64.9. The molecule has 18 rings (SSSR count). The van der Waals surface area contributed by atoms with E-state index >= 15 is 0 Å². The Morgan fingerprint density at radius 3 is 0.684 bits per heavy atom. The molecule has 0 saturated heterocycles. The predicted molar refractivity (Wildman–Crippen MR) is 410 cm³/mol. The molecule has 0 aliphatic carbocycles. The Morgan fingerprint density at radius 1 is 0.184 bits per heavy atom. The molecule has 0 atom stereocenters. The van der Waals surface area contributed by atoms with Gasteiger partial charge in [-0.25, -0.2) is 9.97 Å². The highest BCUT2D eigenvalue weighted by molar-refractivity contribution is 6.13. The van der Waals surface area contributed by atoms with E-state index < -0.39 is 0 Å². The lowest BCUT2D eigenvalue weighted by atomic mass is 10.0. The van der Waals surface area contributed by atoms with E-state index in [0.717, 1.165) is 101 Å². The molecule has 98 heavy (non-hydrogen) atoms. The Morgan fingerprint density at radius 2 is 0.408 bits per heavy atom. The van der Waals surface area contributed by atoms with Gasteiger partial charge >= 0.3 is 0 Å². The van der Waals surface area contributed by atoms with Crippen LogP contribution in [0.4, 0.5) is 34.1 Å². The summed E-state index contributed by atoms with van der Waals surface area (Å²) in [5.74, 6) is 0. The summed E-state index contributed by atoms with van der Waals surface area (Å²) in [5.41, 5.74) is 27.8. The van der Waals surface area contributed by atoms with Crippen LogP contribution in [-0.4, -0.2) is 19.1 Å². The fourth-order valence-corrected chi connectivity index (χ4v) is 14.3. The van der Waals surface area contributed by atoms with Crippen molar-refractivity contribution in [2.75, 3.05) is 9.80 Å². The zero-order valence-electron chi connectivity index (χ0n) is 53.5. The molecule has 0 aliphatic heterocycles. The number of benzene rings is 15. The Hall–Kier alpha value is -13.2. The van der Waals surface area contributed by atoms with Crippen molar-refractivity contribution >= 4 is 88.8 Å². The summed E-state index contributed by atoms with van der Waals surface area (Å²) in [4.78, 5) is 15.4. The van der Waals surface area contributed by atoms with Gasteiger partial charge in [0.2, 0.25) is 0 Å². The maximum Gasteiger partial charge on any atom is 0.0973 e. The van der Waals surface area contributed by atoms with Crippen molar-refractivity contribution in [2.45, 2.75) is 0 Å². The molecule has 460 valence electrons. The highest BCUT2D eigenvalue weighted by atomic mass is 15.1. The number of para-hydroxylation sites is 4. The van der Waals surface area contributed by atoms with E-state index in [-0.39, 0.29) is 0 Å². The number of anilines is 6. The third-order valence-corrected chi connectivity index (χ3v) is 19.1. The Bertz CT molecular complexity index is 5360. The standard InChI is InChI=1S/C92H62N6/c1-7-21-63(22-8-1)69-39-55-87-81(59-69)82-60-70(64-23-9-2-10-24-64)40-56-88(82)97(87)79-51-47-77(48-52-79)95(73-29-15-5-16-30-73)75-43-35-67(36-44-75)91-92(94-86-34-20-19-33-85(86)93-91)68-37-45-76(46-38-68)96(74-31-17-6-18-32-74)78-49-53-80(54-50-78)98-89-57-41-71(65-25-11-3-12-26-65)61-83(89)84-62-72(42-58-90(84)98)66-27-13-4-14-28-66/h1-62H. The lowest BCUT2D eigenvalue weighted by molar-refractivity contribution is 1.17. The van der Waals surface area contributed by atoms with Crippen molar-refractivity contribution in [2.24, 2.45) is 0 Å². The van der Waals surface area contributed by atoms with E-state index in [4.69, 9.17) is 9.97 Å². The number of fused-ring (bicyclic) bond motifs is 7. The SMILES string of the molecule is c1ccc(-c2ccc3c(c2)c2cc(-c4ccccc4)ccc2n3-c2ccc(N(c3ccccc3)c3ccc(-c4nc5ccccc5nc4-c4ccc(N(c5ccccc5)c5ccc(-n6c7ccc(-c8ccccc8)cc7c7cc(-c8ccccc8)ccc76)cc5)cc4)cc3)cc2)cc1. The molecule has 0 spiro atoms. The van der Waals surface area contributed by atoms with Crippen LogP contribution in [0.15, 0.2) is 376 Å². The lowest BCUT2D eigenvalue weighted by Gasteiger charge is -2.26. The van der Waals surface area contributed by atoms with Gasteiger partial charge in [-0.2, -0.15) is 0 Å². The van der Waals surface area contributed by atoms with Gasteiger partial charge in [0.25, 0.3) is 0 Å². The topological polar surface area (TPSA) is 42.1 Å². The van der Waals surface area contributed by atoms with Gasteiger partial charge in [0.1, 0.15) is 0 Å². The lowest BCUT2D eigenvalue weighted by Crippen LogP contribution is -2.10.